The summed E-state index contributed by atoms with van der Waals surface area (Å²) in [6.07, 6.45) is 0. The molecule has 2 aromatic carbocycles. The second-order valence-electron chi connectivity index (χ2n) is 4.24. The van der Waals surface area contributed by atoms with E-state index in [1.807, 2.05) is 0 Å². The summed E-state index contributed by atoms with van der Waals surface area (Å²) in [5.41, 5.74) is 7.17. The molecule has 2 N–H and O–H groups in total. The topological polar surface area (TPSA) is 26.0 Å². The lowest BCUT2D eigenvalue weighted by atomic mass is 9.95. The van der Waals surface area contributed by atoms with Crippen molar-refractivity contribution in [3.05, 3.63) is 69.5 Å². The van der Waals surface area contributed by atoms with Crippen LogP contribution in [0, 0.1) is 24.4 Å². The number of halogens is 4. The third-order valence-corrected chi connectivity index (χ3v) is 3.21. The minimum atomic E-state index is -1.52. The summed E-state index contributed by atoms with van der Waals surface area (Å²) in [5.74, 6) is -4.03. The Labute approximate surface area is 113 Å². The van der Waals surface area contributed by atoms with Crippen LogP contribution in [0.2, 0.25) is 5.02 Å². The van der Waals surface area contributed by atoms with E-state index in [1.54, 1.807) is 25.1 Å². The van der Waals surface area contributed by atoms with Gasteiger partial charge in [0.15, 0.2) is 17.5 Å². The average Bonchev–Trinajstić information content (AvgIpc) is 2.38. The molecule has 1 nitrogen and oxygen atoms in total. The lowest BCUT2D eigenvalue weighted by Crippen LogP contribution is -2.16. The van der Waals surface area contributed by atoms with E-state index in [9.17, 15) is 13.2 Å². The Balaban J connectivity index is 2.53. The number of nitrogens with two attached hydrogens (primary N) is 1. The molecular weight excluding hydrogens is 275 g/mol. The summed E-state index contributed by atoms with van der Waals surface area (Å²) in [6.45, 7) is 1.78. The fraction of sp³-hybridized carbons (Fsp3) is 0.143. The van der Waals surface area contributed by atoms with Gasteiger partial charge in [-0.3, -0.25) is 0 Å². The highest BCUT2D eigenvalue weighted by molar-refractivity contribution is 6.30. The second-order valence-corrected chi connectivity index (χ2v) is 4.68. The standard InChI is InChI=1S/C14H11ClF3N/c1-7-2-3-8(15)6-10(7)14(19)9-4-5-11(16)13(18)12(9)17/h2-6,14H,19H2,1H3. The first kappa shape index (κ1) is 13.9. The summed E-state index contributed by atoms with van der Waals surface area (Å²) >= 11 is 5.86. The van der Waals surface area contributed by atoms with Crippen LogP contribution in [0.4, 0.5) is 13.2 Å². The van der Waals surface area contributed by atoms with Crippen molar-refractivity contribution in [2.24, 2.45) is 5.73 Å². The molecule has 0 bridgehead atoms. The number of hydrogen-bond acceptors (Lipinski definition) is 1. The quantitative estimate of drug-likeness (QED) is 0.826. The molecule has 0 aliphatic carbocycles. The largest absolute Gasteiger partial charge is 0.320 e. The van der Waals surface area contributed by atoms with Crippen LogP contribution in [-0.2, 0) is 0 Å². The second kappa shape index (κ2) is 5.23. The molecular formula is C14H11ClF3N. The molecule has 0 aliphatic heterocycles. The average molecular weight is 286 g/mol. The van der Waals surface area contributed by atoms with Gasteiger partial charge in [-0.05, 0) is 36.2 Å². The van der Waals surface area contributed by atoms with Crippen LogP contribution in [0.1, 0.15) is 22.7 Å². The van der Waals surface area contributed by atoms with Crippen molar-refractivity contribution in [1.29, 1.82) is 0 Å². The van der Waals surface area contributed by atoms with Crippen LogP contribution < -0.4 is 5.73 Å². The van der Waals surface area contributed by atoms with Gasteiger partial charge in [-0.1, -0.05) is 23.7 Å². The first-order valence-electron chi connectivity index (χ1n) is 5.57. The van der Waals surface area contributed by atoms with Crippen molar-refractivity contribution >= 4 is 11.6 Å². The van der Waals surface area contributed by atoms with Gasteiger partial charge >= 0.3 is 0 Å². The zero-order chi connectivity index (χ0) is 14.2. The van der Waals surface area contributed by atoms with E-state index in [1.165, 1.54) is 0 Å². The summed E-state index contributed by atoms with van der Waals surface area (Å²) in [7, 11) is 0. The van der Waals surface area contributed by atoms with E-state index in [0.29, 0.717) is 10.6 Å². The molecule has 0 fully saturated rings. The van der Waals surface area contributed by atoms with Crippen molar-refractivity contribution in [3.8, 4) is 0 Å². The van der Waals surface area contributed by atoms with Gasteiger partial charge < -0.3 is 5.73 Å². The van der Waals surface area contributed by atoms with Gasteiger partial charge in [-0.25, -0.2) is 13.2 Å². The summed E-state index contributed by atoms with van der Waals surface area (Å²) in [5, 5.41) is 0.444. The highest BCUT2D eigenvalue weighted by atomic mass is 35.5. The molecule has 0 spiro atoms. The van der Waals surface area contributed by atoms with E-state index in [-0.39, 0.29) is 5.56 Å². The Morgan fingerprint density at radius 3 is 2.37 bits per heavy atom. The van der Waals surface area contributed by atoms with Crippen molar-refractivity contribution in [2.75, 3.05) is 0 Å². The van der Waals surface area contributed by atoms with E-state index < -0.39 is 23.5 Å². The van der Waals surface area contributed by atoms with Gasteiger partial charge in [0.1, 0.15) is 0 Å². The predicted molar refractivity (Wildman–Crippen MR) is 68.5 cm³/mol. The van der Waals surface area contributed by atoms with E-state index in [2.05, 4.69) is 0 Å². The van der Waals surface area contributed by atoms with Gasteiger partial charge in [-0.15, -0.1) is 0 Å². The Hall–Kier alpha value is -1.52. The van der Waals surface area contributed by atoms with Gasteiger partial charge in [0.25, 0.3) is 0 Å². The third kappa shape index (κ3) is 2.60. The van der Waals surface area contributed by atoms with Crippen LogP contribution in [0.15, 0.2) is 30.3 Å². The van der Waals surface area contributed by atoms with Gasteiger partial charge in [0.2, 0.25) is 0 Å². The van der Waals surface area contributed by atoms with Crippen LogP contribution in [0.5, 0.6) is 0 Å². The number of hydrogen-bond donors (Lipinski definition) is 1. The van der Waals surface area contributed by atoms with Gasteiger partial charge in [-0.2, -0.15) is 0 Å². The number of rotatable bonds is 2. The van der Waals surface area contributed by atoms with Crippen LogP contribution in [0.25, 0.3) is 0 Å². The van der Waals surface area contributed by atoms with Gasteiger partial charge in [0.05, 0.1) is 6.04 Å². The first-order chi connectivity index (χ1) is 8.91. The maximum Gasteiger partial charge on any atom is 0.194 e. The van der Waals surface area contributed by atoms with Crippen molar-refractivity contribution in [3.63, 3.8) is 0 Å². The summed E-state index contributed by atoms with van der Waals surface area (Å²) in [6, 6.07) is 6.08. The molecule has 0 radical (unpaired) electrons. The maximum atomic E-state index is 13.7. The van der Waals surface area contributed by atoms with Crippen LogP contribution in [0.3, 0.4) is 0 Å². The molecule has 0 aliphatic rings. The minimum Gasteiger partial charge on any atom is -0.320 e. The van der Waals surface area contributed by atoms with Crippen LogP contribution in [-0.4, -0.2) is 0 Å². The molecule has 0 heterocycles. The summed E-state index contributed by atoms with van der Waals surface area (Å²) < 4.78 is 39.8. The molecule has 0 saturated heterocycles. The lowest BCUT2D eigenvalue weighted by molar-refractivity contribution is 0.438. The van der Waals surface area contributed by atoms with Crippen molar-refractivity contribution in [2.45, 2.75) is 13.0 Å². The molecule has 19 heavy (non-hydrogen) atoms. The summed E-state index contributed by atoms with van der Waals surface area (Å²) in [4.78, 5) is 0. The molecule has 2 aromatic rings. The first-order valence-corrected chi connectivity index (χ1v) is 5.94. The molecule has 100 valence electrons. The SMILES string of the molecule is Cc1ccc(Cl)cc1C(N)c1ccc(F)c(F)c1F. The van der Waals surface area contributed by atoms with Crippen LogP contribution >= 0.6 is 11.6 Å². The molecule has 5 heteroatoms. The normalized spacial score (nSPS) is 12.5. The Morgan fingerprint density at radius 2 is 1.68 bits per heavy atom. The number of benzene rings is 2. The highest BCUT2D eigenvalue weighted by Crippen LogP contribution is 2.28. The molecule has 2 rings (SSSR count). The monoisotopic (exact) mass is 285 g/mol. The molecule has 1 unspecified atom stereocenters. The van der Waals surface area contributed by atoms with Crippen molar-refractivity contribution in [1.82, 2.24) is 0 Å². The highest BCUT2D eigenvalue weighted by Gasteiger charge is 2.20. The number of aryl methyl sites for hydroxylation is 1. The Bertz CT molecular complexity index is 628. The molecule has 0 aromatic heterocycles. The van der Waals surface area contributed by atoms with Gasteiger partial charge in [0, 0.05) is 10.6 Å². The van der Waals surface area contributed by atoms with Crippen molar-refractivity contribution < 1.29 is 13.2 Å². The zero-order valence-electron chi connectivity index (χ0n) is 10.1. The van der Waals surface area contributed by atoms with E-state index >= 15 is 0 Å². The molecule has 0 amide bonds. The fourth-order valence-corrected chi connectivity index (χ4v) is 2.08. The lowest BCUT2D eigenvalue weighted by Gasteiger charge is -2.16. The zero-order valence-corrected chi connectivity index (χ0v) is 10.8. The maximum absolute atomic E-state index is 13.7. The molecule has 1 atom stereocenters. The minimum absolute atomic E-state index is 0.107. The fourth-order valence-electron chi connectivity index (χ4n) is 1.89. The predicted octanol–water partition coefficient (Wildman–Crippen LogP) is 4.11. The Morgan fingerprint density at radius 1 is 1.00 bits per heavy atom. The van der Waals surface area contributed by atoms with E-state index in [4.69, 9.17) is 17.3 Å². The molecule has 0 saturated carbocycles. The van der Waals surface area contributed by atoms with E-state index in [0.717, 1.165) is 17.7 Å². The third-order valence-electron chi connectivity index (χ3n) is 2.98. The Kier molecular flexibility index (Phi) is 3.83. The smallest absolute Gasteiger partial charge is 0.194 e.